The molecule has 114 valence electrons. The molecule has 21 heavy (non-hydrogen) atoms. The highest BCUT2D eigenvalue weighted by molar-refractivity contribution is 5.76. The lowest BCUT2D eigenvalue weighted by Crippen LogP contribution is -2.25. The molecule has 0 aliphatic heterocycles. The van der Waals surface area contributed by atoms with Crippen molar-refractivity contribution in [2.75, 3.05) is 0 Å². The summed E-state index contributed by atoms with van der Waals surface area (Å²) in [4.78, 5) is 12.3. The number of rotatable bonds is 5. The minimum atomic E-state index is -0.00233. The number of carbonyl (C=O) groups is 1. The standard InChI is InChI=1S/C19H26O2/c1-3-14(4-2)15-7-9-17(10-8-15)21-19(20)18-12-13-5-6-16(18)11-13/h7-10,13-14,16,18H,3-6,11-12H2,1-2H3. The van der Waals surface area contributed by atoms with Crippen LogP contribution in [0.1, 0.15) is 63.9 Å². The van der Waals surface area contributed by atoms with Crippen LogP contribution in [0.3, 0.4) is 0 Å². The molecule has 0 spiro atoms. The van der Waals surface area contributed by atoms with E-state index in [0.717, 1.165) is 25.2 Å². The molecular formula is C19H26O2. The van der Waals surface area contributed by atoms with Gasteiger partial charge in [0.25, 0.3) is 0 Å². The zero-order chi connectivity index (χ0) is 14.8. The molecule has 0 aromatic heterocycles. The minimum Gasteiger partial charge on any atom is -0.426 e. The van der Waals surface area contributed by atoms with E-state index in [2.05, 4.69) is 26.0 Å². The molecular weight excluding hydrogens is 260 g/mol. The molecule has 1 aromatic rings. The summed E-state index contributed by atoms with van der Waals surface area (Å²) in [7, 11) is 0. The number of fused-ring (bicyclic) bond motifs is 2. The Morgan fingerprint density at radius 2 is 1.86 bits per heavy atom. The van der Waals surface area contributed by atoms with Crippen LogP contribution < -0.4 is 4.74 Å². The molecule has 0 saturated heterocycles. The zero-order valence-electron chi connectivity index (χ0n) is 13.2. The zero-order valence-corrected chi connectivity index (χ0v) is 13.2. The molecule has 0 heterocycles. The summed E-state index contributed by atoms with van der Waals surface area (Å²) in [6.45, 7) is 4.44. The average molecular weight is 286 g/mol. The maximum Gasteiger partial charge on any atom is 0.314 e. The molecule has 1 aromatic carbocycles. The van der Waals surface area contributed by atoms with Crippen molar-refractivity contribution in [1.29, 1.82) is 0 Å². The van der Waals surface area contributed by atoms with Gasteiger partial charge >= 0.3 is 5.97 Å². The van der Waals surface area contributed by atoms with E-state index in [9.17, 15) is 4.79 Å². The fourth-order valence-corrected chi connectivity index (χ4v) is 4.29. The number of esters is 1. The number of carbonyl (C=O) groups excluding carboxylic acids is 1. The van der Waals surface area contributed by atoms with Gasteiger partial charge in [-0.05, 0) is 67.6 Å². The predicted octanol–water partition coefficient (Wildman–Crippen LogP) is 4.93. The van der Waals surface area contributed by atoms with Crippen LogP contribution in [0.5, 0.6) is 5.75 Å². The lowest BCUT2D eigenvalue weighted by Gasteiger charge is -2.20. The predicted molar refractivity (Wildman–Crippen MR) is 84.3 cm³/mol. The van der Waals surface area contributed by atoms with Crippen molar-refractivity contribution in [3.05, 3.63) is 29.8 Å². The lowest BCUT2D eigenvalue weighted by atomic mass is 9.89. The molecule has 2 bridgehead atoms. The van der Waals surface area contributed by atoms with Crippen LogP contribution in [0, 0.1) is 17.8 Å². The second kappa shape index (κ2) is 6.21. The van der Waals surface area contributed by atoms with E-state index >= 15 is 0 Å². The summed E-state index contributed by atoms with van der Waals surface area (Å²) in [6.07, 6.45) is 7.14. The summed E-state index contributed by atoms with van der Waals surface area (Å²) in [5.74, 6) is 2.84. The van der Waals surface area contributed by atoms with Gasteiger partial charge < -0.3 is 4.74 Å². The van der Waals surface area contributed by atoms with E-state index in [1.54, 1.807) is 0 Å². The Bertz CT molecular complexity index is 487. The Morgan fingerprint density at radius 1 is 1.14 bits per heavy atom. The monoisotopic (exact) mass is 286 g/mol. The van der Waals surface area contributed by atoms with Crippen LogP contribution >= 0.6 is 0 Å². The van der Waals surface area contributed by atoms with Crippen molar-refractivity contribution in [3.63, 3.8) is 0 Å². The first-order valence-corrected chi connectivity index (χ1v) is 8.52. The fourth-order valence-electron chi connectivity index (χ4n) is 4.29. The molecule has 3 rings (SSSR count). The summed E-state index contributed by atoms with van der Waals surface area (Å²) in [5, 5.41) is 0. The fraction of sp³-hybridized carbons (Fsp3) is 0.632. The van der Waals surface area contributed by atoms with Gasteiger partial charge in [0.2, 0.25) is 0 Å². The number of hydrogen-bond acceptors (Lipinski definition) is 2. The van der Waals surface area contributed by atoms with Gasteiger partial charge in [-0.25, -0.2) is 0 Å². The first-order valence-electron chi connectivity index (χ1n) is 8.52. The Hall–Kier alpha value is -1.31. The SMILES string of the molecule is CCC(CC)c1ccc(OC(=O)C2CC3CCC2C3)cc1. The third kappa shape index (κ3) is 3.00. The van der Waals surface area contributed by atoms with E-state index < -0.39 is 0 Å². The van der Waals surface area contributed by atoms with Crippen LogP contribution in [0.25, 0.3) is 0 Å². The third-order valence-corrected chi connectivity index (χ3v) is 5.60. The Balaban J connectivity index is 1.61. The quantitative estimate of drug-likeness (QED) is 0.566. The number of benzene rings is 1. The van der Waals surface area contributed by atoms with Gasteiger partial charge in [0.15, 0.2) is 0 Å². The Kier molecular flexibility index (Phi) is 4.32. The second-order valence-electron chi connectivity index (χ2n) is 6.78. The van der Waals surface area contributed by atoms with Crippen molar-refractivity contribution < 1.29 is 9.53 Å². The highest BCUT2D eigenvalue weighted by Crippen LogP contribution is 2.48. The van der Waals surface area contributed by atoms with Crippen LogP contribution in [0.15, 0.2) is 24.3 Å². The van der Waals surface area contributed by atoms with Crippen molar-refractivity contribution >= 4 is 5.97 Å². The van der Waals surface area contributed by atoms with Crippen LogP contribution in [0.2, 0.25) is 0 Å². The summed E-state index contributed by atoms with van der Waals surface area (Å²) < 4.78 is 5.61. The Labute approximate surface area is 127 Å². The topological polar surface area (TPSA) is 26.3 Å². The van der Waals surface area contributed by atoms with Crippen molar-refractivity contribution in [1.82, 2.24) is 0 Å². The second-order valence-corrected chi connectivity index (χ2v) is 6.78. The number of hydrogen-bond donors (Lipinski definition) is 0. The Morgan fingerprint density at radius 3 is 2.38 bits per heavy atom. The van der Waals surface area contributed by atoms with Crippen molar-refractivity contribution in [2.24, 2.45) is 17.8 Å². The molecule has 0 amide bonds. The molecule has 0 radical (unpaired) electrons. The first kappa shape index (κ1) is 14.6. The molecule has 2 saturated carbocycles. The van der Waals surface area contributed by atoms with Gasteiger partial charge in [0.1, 0.15) is 5.75 Å². The van der Waals surface area contributed by atoms with Crippen molar-refractivity contribution in [2.45, 2.75) is 58.3 Å². The molecule has 0 N–H and O–H groups in total. The van der Waals surface area contributed by atoms with Gasteiger partial charge in [0, 0.05) is 0 Å². The smallest absolute Gasteiger partial charge is 0.314 e. The maximum atomic E-state index is 12.3. The largest absolute Gasteiger partial charge is 0.426 e. The van der Waals surface area contributed by atoms with Crippen LogP contribution in [0.4, 0.5) is 0 Å². The maximum absolute atomic E-state index is 12.3. The van der Waals surface area contributed by atoms with E-state index in [4.69, 9.17) is 4.74 Å². The van der Waals surface area contributed by atoms with Gasteiger partial charge in [0.05, 0.1) is 5.92 Å². The normalized spacial score (nSPS) is 27.3. The lowest BCUT2D eigenvalue weighted by molar-refractivity contribution is -0.140. The van der Waals surface area contributed by atoms with E-state index in [-0.39, 0.29) is 11.9 Å². The van der Waals surface area contributed by atoms with Crippen molar-refractivity contribution in [3.8, 4) is 5.75 Å². The van der Waals surface area contributed by atoms with Gasteiger partial charge in [-0.2, -0.15) is 0 Å². The molecule has 2 heteroatoms. The van der Waals surface area contributed by atoms with E-state index in [1.807, 2.05) is 12.1 Å². The summed E-state index contributed by atoms with van der Waals surface area (Å²) in [5.41, 5.74) is 1.35. The summed E-state index contributed by atoms with van der Waals surface area (Å²) in [6, 6.07) is 8.14. The molecule has 2 aliphatic rings. The highest BCUT2D eigenvalue weighted by atomic mass is 16.5. The summed E-state index contributed by atoms with van der Waals surface area (Å²) >= 11 is 0. The average Bonchev–Trinajstić information content (AvgIpc) is 3.13. The van der Waals surface area contributed by atoms with E-state index in [1.165, 1.54) is 24.8 Å². The molecule has 2 fully saturated rings. The van der Waals surface area contributed by atoms with E-state index in [0.29, 0.717) is 17.6 Å². The van der Waals surface area contributed by atoms with Gasteiger partial charge in [-0.15, -0.1) is 0 Å². The van der Waals surface area contributed by atoms with Gasteiger partial charge in [-0.1, -0.05) is 32.4 Å². The molecule has 2 aliphatic carbocycles. The number of ether oxygens (including phenoxy) is 1. The highest BCUT2D eigenvalue weighted by Gasteiger charge is 2.44. The molecule has 3 atom stereocenters. The van der Waals surface area contributed by atoms with Crippen LogP contribution in [-0.4, -0.2) is 5.97 Å². The minimum absolute atomic E-state index is 0.00233. The molecule has 2 nitrogen and oxygen atoms in total. The van der Waals surface area contributed by atoms with Crippen LogP contribution in [-0.2, 0) is 4.79 Å². The first-order chi connectivity index (χ1) is 10.2. The third-order valence-electron chi connectivity index (χ3n) is 5.60. The van der Waals surface area contributed by atoms with Gasteiger partial charge in [-0.3, -0.25) is 4.79 Å². The molecule has 3 unspecified atom stereocenters.